The molecule has 1 heterocycles. The van der Waals surface area contributed by atoms with Crippen LogP contribution in [0.3, 0.4) is 0 Å². The molecular formula is C10H15N3O3. The lowest BCUT2D eigenvalue weighted by atomic mass is 10.0. The highest BCUT2D eigenvalue weighted by Gasteiger charge is 2.25. The Labute approximate surface area is 93.9 Å². The normalized spacial score (nSPS) is 20.9. The molecule has 88 valence electrons. The first-order valence-corrected chi connectivity index (χ1v) is 5.18. The van der Waals surface area contributed by atoms with Gasteiger partial charge in [0, 0.05) is 18.6 Å². The Kier molecular flexibility index (Phi) is 4.73. The zero-order valence-electron chi connectivity index (χ0n) is 9.16. The van der Waals surface area contributed by atoms with Gasteiger partial charge in [0.2, 0.25) is 0 Å². The molecule has 2 N–H and O–H groups in total. The quantitative estimate of drug-likeness (QED) is 0.484. The fourth-order valence-corrected chi connectivity index (χ4v) is 1.54. The van der Waals surface area contributed by atoms with Gasteiger partial charge in [-0.2, -0.15) is 5.26 Å². The van der Waals surface area contributed by atoms with E-state index in [-0.39, 0.29) is 18.5 Å². The fourth-order valence-electron chi connectivity index (χ4n) is 1.54. The van der Waals surface area contributed by atoms with Gasteiger partial charge in [0.05, 0.1) is 12.7 Å². The minimum atomic E-state index is -0.771. The SMILES string of the molecule is CC(NC(=O)C(=O)NCC#N)C1CCOC1. The summed E-state index contributed by atoms with van der Waals surface area (Å²) in [6.45, 7) is 2.99. The molecule has 6 nitrogen and oxygen atoms in total. The zero-order valence-corrected chi connectivity index (χ0v) is 9.16. The van der Waals surface area contributed by atoms with Crippen LogP contribution in [0, 0.1) is 17.2 Å². The first-order chi connectivity index (χ1) is 7.65. The van der Waals surface area contributed by atoms with Crippen molar-refractivity contribution < 1.29 is 14.3 Å². The molecule has 2 unspecified atom stereocenters. The Hall–Kier alpha value is -1.61. The Morgan fingerprint density at radius 2 is 2.31 bits per heavy atom. The summed E-state index contributed by atoms with van der Waals surface area (Å²) in [5.41, 5.74) is 0. The highest BCUT2D eigenvalue weighted by molar-refractivity contribution is 6.35. The Morgan fingerprint density at radius 3 is 2.88 bits per heavy atom. The number of hydrogen-bond donors (Lipinski definition) is 2. The van der Waals surface area contributed by atoms with Crippen molar-refractivity contribution in [3.63, 3.8) is 0 Å². The molecule has 0 spiro atoms. The van der Waals surface area contributed by atoms with Crippen molar-refractivity contribution in [3.8, 4) is 6.07 Å². The first-order valence-electron chi connectivity index (χ1n) is 5.18. The molecule has 1 saturated heterocycles. The predicted octanol–water partition coefficient (Wildman–Crippen LogP) is -0.833. The summed E-state index contributed by atoms with van der Waals surface area (Å²) in [7, 11) is 0. The summed E-state index contributed by atoms with van der Waals surface area (Å²) in [5, 5.41) is 13.0. The van der Waals surface area contributed by atoms with Crippen molar-refractivity contribution in [2.24, 2.45) is 5.92 Å². The molecule has 1 aliphatic rings. The molecule has 1 aliphatic heterocycles. The van der Waals surface area contributed by atoms with Crippen LogP contribution >= 0.6 is 0 Å². The monoisotopic (exact) mass is 225 g/mol. The Balaban J connectivity index is 2.32. The van der Waals surface area contributed by atoms with Crippen LogP contribution in [0.1, 0.15) is 13.3 Å². The van der Waals surface area contributed by atoms with Gasteiger partial charge in [0.25, 0.3) is 0 Å². The highest BCUT2D eigenvalue weighted by atomic mass is 16.5. The minimum Gasteiger partial charge on any atom is -0.381 e. The second-order valence-electron chi connectivity index (χ2n) is 3.73. The Bertz CT molecular complexity index is 305. The number of nitrogens with zero attached hydrogens (tertiary/aromatic N) is 1. The molecule has 0 saturated carbocycles. The van der Waals surface area contributed by atoms with Crippen molar-refractivity contribution >= 4 is 11.8 Å². The van der Waals surface area contributed by atoms with Crippen LogP contribution in [0.2, 0.25) is 0 Å². The van der Waals surface area contributed by atoms with E-state index < -0.39 is 11.8 Å². The number of hydrogen-bond acceptors (Lipinski definition) is 4. The van der Waals surface area contributed by atoms with E-state index in [0.717, 1.165) is 6.42 Å². The molecule has 0 aromatic rings. The van der Waals surface area contributed by atoms with E-state index in [1.165, 1.54) is 0 Å². The van der Waals surface area contributed by atoms with Crippen LogP contribution in [0.25, 0.3) is 0 Å². The lowest BCUT2D eigenvalue weighted by molar-refractivity contribution is -0.139. The highest BCUT2D eigenvalue weighted by Crippen LogP contribution is 2.16. The molecule has 0 radical (unpaired) electrons. The average Bonchev–Trinajstić information content (AvgIpc) is 2.79. The number of amides is 2. The van der Waals surface area contributed by atoms with E-state index in [1.54, 1.807) is 6.07 Å². The Morgan fingerprint density at radius 1 is 1.56 bits per heavy atom. The number of carbonyl (C=O) groups is 2. The lowest BCUT2D eigenvalue weighted by Crippen LogP contribution is -2.46. The predicted molar refractivity (Wildman–Crippen MR) is 55.2 cm³/mol. The number of carbonyl (C=O) groups excluding carboxylic acids is 2. The number of nitriles is 1. The van der Waals surface area contributed by atoms with Gasteiger partial charge >= 0.3 is 11.8 Å². The second kappa shape index (κ2) is 6.08. The summed E-state index contributed by atoms with van der Waals surface area (Å²) in [6, 6.07) is 1.64. The summed E-state index contributed by atoms with van der Waals surface area (Å²) in [6.07, 6.45) is 0.890. The van der Waals surface area contributed by atoms with Crippen molar-refractivity contribution in [1.82, 2.24) is 10.6 Å². The van der Waals surface area contributed by atoms with Gasteiger partial charge < -0.3 is 15.4 Å². The summed E-state index contributed by atoms with van der Waals surface area (Å²) in [4.78, 5) is 22.5. The van der Waals surface area contributed by atoms with Gasteiger partial charge in [0.15, 0.2) is 0 Å². The van der Waals surface area contributed by atoms with Crippen LogP contribution in [0.4, 0.5) is 0 Å². The molecule has 2 atom stereocenters. The first kappa shape index (κ1) is 12.5. The molecule has 1 rings (SSSR count). The molecule has 0 aromatic carbocycles. The van der Waals surface area contributed by atoms with E-state index in [4.69, 9.17) is 10.00 Å². The molecule has 0 bridgehead atoms. The number of rotatable bonds is 3. The standard InChI is InChI=1S/C10H15N3O3/c1-7(8-2-5-16-6-8)13-10(15)9(14)12-4-3-11/h7-8H,2,4-6H2,1H3,(H,12,14)(H,13,15). The molecular weight excluding hydrogens is 210 g/mol. The van der Waals surface area contributed by atoms with Gasteiger partial charge in [-0.3, -0.25) is 9.59 Å². The van der Waals surface area contributed by atoms with Crippen LogP contribution in [0.15, 0.2) is 0 Å². The molecule has 6 heteroatoms. The molecule has 1 fully saturated rings. The van der Waals surface area contributed by atoms with Crippen LogP contribution in [0.5, 0.6) is 0 Å². The fraction of sp³-hybridized carbons (Fsp3) is 0.700. The van der Waals surface area contributed by atoms with E-state index in [1.807, 2.05) is 6.92 Å². The summed E-state index contributed by atoms with van der Waals surface area (Å²) in [5.74, 6) is -1.21. The molecule has 2 amide bonds. The molecule has 16 heavy (non-hydrogen) atoms. The van der Waals surface area contributed by atoms with Crippen molar-refractivity contribution in [2.75, 3.05) is 19.8 Å². The van der Waals surface area contributed by atoms with Crippen molar-refractivity contribution in [1.29, 1.82) is 5.26 Å². The van der Waals surface area contributed by atoms with Crippen molar-refractivity contribution in [2.45, 2.75) is 19.4 Å². The van der Waals surface area contributed by atoms with Gasteiger partial charge in [-0.15, -0.1) is 0 Å². The third-order valence-electron chi connectivity index (χ3n) is 2.57. The molecule has 0 aliphatic carbocycles. The van der Waals surface area contributed by atoms with Gasteiger partial charge in [-0.05, 0) is 13.3 Å². The zero-order chi connectivity index (χ0) is 12.0. The van der Waals surface area contributed by atoms with Crippen LogP contribution in [-0.2, 0) is 14.3 Å². The topological polar surface area (TPSA) is 91.2 Å². The van der Waals surface area contributed by atoms with Gasteiger partial charge in [0.1, 0.15) is 6.54 Å². The molecule has 0 aromatic heterocycles. The maximum absolute atomic E-state index is 11.3. The van der Waals surface area contributed by atoms with E-state index in [2.05, 4.69) is 10.6 Å². The average molecular weight is 225 g/mol. The van der Waals surface area contributed by atoms with Gasteiger partial charge in [-0.25, -0.2) is 0 Å². The third-order valence-corrected chi connectivity index (χ3v) is 2.57. The third kappa shape index (κ3) is 3.51. The summed E-state index contributed by atoms with van der Waals surface area (Å²) < 4.78 is 5.19. The number of nitrogens with one attached hydrogen (secondary N) is 2. The van der Waals surface area contributed by atoms with Crippen molar-refractivity contribution in [3.05, 3.63) is 0 Å². The minimum absolute atomic E-state index is 0.0946. The van der Waals surface area contributed by atoms with Crippen LogP contribution in [-0.4, -0.2) is 37.6 Å². The van der Waals surface area contributed by atoms with E-state index in [0.29, 0.717) is 13.2 Å². The largest absolute Gasteiger partial charge is 0.381 e. The smallest absolute Gasteiger partial charge is 0.310 e. The van der Waals surface area contributed by atoms with E-state index >= 15 is 0 Å². The van der Waals surface area contributed by atoms with Gasteiger partial charge in [-0.1, -0.05) is 0 Å². The van der Waals surface area contributed by atoms with E-state index in [9.17, 15) is 9.59 Å². The lowest BCUT2D eigenvalue weighted by Gasteiger charge is -2.18. The second-order valence-corrected chi connectivity index (χ2v) is 3.73. The van der Waals surface area contributed by atoms with Crippen LogP contribution < -0.4 is 10.6 Å². The maximum atomic E-state index is 11.3. The number of ether oxygens (including phenoxy) is 1. The maximum Gasteiger partial charge on any atom is 0.310 e. The summed E-state index contributed by atoms with van der Waals surface area (Å²) >= 11 is 0.